The number of hydrogen-bond donors (Lipinski definition) is 1. The van der Waals surface area contributed by atoms with E-state index in [9.17, 15) is 4.39 Å². The molecule has 0 amide bonds. The van der Waals surface area contributed by atoms with Gasteiger partial charge in [-0.2, -0.15) is 0 Å². The molecule has 0 radical (unpaired) electrons. The second-order valence-electron chi connectivity index (χ2n) is 5.38. The average Bonchev–Trinajstić information content (AvgIpc) is 3.10. The lowest BCUT2D eigenvalue weighted by atomic mass is 10.1. The Balaban J connectivity index is 0.00000147. The Morgan fingerprint density at radius 3 is 2.50 bits per heavy atom. The van der Waals surface area contributed by atoms with Gasteiger partial charge in [0, 0.05) is 25.2 Å². The van der Waals surface area contributed by atoms with Crippen molar-refractivity contribution < 1.29 is 4.39 Å². The Labute approximate surface area is 135 Å². The minimum atomic E-state index is -0.448. The van der Waals surface area contributed by atoms with Crippen LogP contribution in [-0.2, 0) is 6.54 Å². The molecule has 2 fully saturated rings. The fraction of sp³-hybridized carbons (Fsp3) is 0.571. The summed E-state index contributed by atoms with van der Waals surface area (Å²) >= 11 is 12.0. The molecule has 112 valence electrons. The molecule has 1 aromatic rings. The highest BCUT2D eigenvalue weighted by Gasteiger charge is 2.35. The monoisotopic (exact) mass is 338 g/mol. The van der Waals surface area contributed by atoms with Gasteiger partial charge < -0.3 is 5.32 Å². The Hall–Kier alpha value is -0.0600. The molecule has 1 saturated carbocycles. The summed E-state index contributed by atoms with van der Waals surface area (Å²) in [6, 6.07) is 4.38. The van der Waals surface area contributed by atoms with Crippen molar-refractivity contribution in [3.8, 4) is 0 Å². The van der Waals surface area contributed by atoms with E-state index in [0.717, 1.165) is 25.2 Å². The summed E-state index contributed by atoms with van der Waals surface area (Å²) in [5.41, 5.74) is 0.923. The zero-order chi connectivity index (χ0) is 13.4. The van der Waals surface area contributed by atoms with Gasteiger partial charge >= 0.3 is 0 Å². The maximum absolute atomic E-state index is 13.3. The molecule has 1 saturated heterocycles. The molecule has 1 aliphatic carbocycles. The molecule has 1 atom stereocenters. The molecule has 1 aromatic carbocycles. The third-order valence-electron chi connectivity index (χ3n) is 3.99. The maximum atomic E-state index is 13.3. The van der Waals surface area contributed by atoms with Gasteiger partial charge in [-0.05, 0) is 37.4 Å². The molecule has 0 spiro atoms. The Kier molecular flexibility index (Phi) is 5.55. The van der Waals surface area contributed by atoms with Crippen LogP contribution in [0.3, 0.4) is 0 Å². The third-order valence-corrected chi connectivity index (χ3v) is 4.89. The minimum absolute atomic E-state index is 0. The van der Waals surface area contributed by atoms with Gasteiger partial charge in [0.2, 0.25) is 0 Å². The largest absolute Gasteiger partial charge is 0.315 e. The van der Waals surface area contributed by atoms with Crippen LogP contribution in [0.2, 0.25) is 10.0 Å². The van der Waals surface area contributed by atoms with Crippen LogP contribution in [0.15, 0.2) is 12.1 Å². The van der Waals surface area contributed by atoms with E-state index in [-0.39, 0.29) is 17.4 Å². The van der Waals surface area contributed by atoms with Crippen molar-refractivity contribution in [2.75, 3.05) is 13.1 Å². The van der Waals surface area contributed by atoms with Crippen molar-refractivity contribution >= 4 is 35.6 Å². The van der Waals surface area contributed by atoms with Gasteiger partial charge in [-0.25, -0.2) is 4.39 Å². The predicted molar refractivity (Wildman–Crippen MR) is 83.5 cm³/mol. The quantitative estimate of drug-likeness (QED) is 0.838. The van der Waals surface area contributed by atoms with Gasteiger partial charge in [0.15, 0.2) is 0 Å². The average molecular weight is 340 g/mol. The lowest BCUT2D eigenvalue weighted by molar-refractivity contribution is 0.189. The van der Waals surface area contributed by atoms with E-state index in [4.69, 9.17) is 23.2 Å². The molecule has 2 nitrogen and oxygen atoms in total. The Bertz CT molecular complexity index is 474. The van der Waals surface area contributed by atoms with E-state index in [1.54, 1.807) is 6.07 Å². The summed E-state index contributed by atoms with van der Waals surface area (Å²) in [6.07, 6.45) is 3.68. The van der Waals surface area contributed by atoms with E-state index in [2.05, 4.69) is 10.2 Å². The second-order valence-corrected chi connectivity index (χ2v) is 6.14. The first-order valence-electron chi connectivity index (χ1n) is 6.75. The molecule has 20 heavy (non-hydrogen) atoms. The standard InChI is InChI=1S/C14H17Cl2FN2.ClH/c15-13-9(1-4-12(17)14(13)16)8-19(10-2-3-10)11-5-6-18-7-11;/h1,4,10-11,18H,2-3,5-8H2;1H. The van der Waals surface area contributed by atoms with Gasteiger partial charge in [0.05, 0.1) is 10.0 Å². The lowest BCUT2D eigenvalue weighted by Crippen LogP contribution is -2.38. The van der Waals surface area contributed by atoms with Crippen molar-refractivity contribution in [2.24, 2.45) is 0 Å². The number of halogens is 4. The van der Waals surface area contributed by atoms with Crippen LogP contribution in [0.4, 0.5) is 4.39 Å². The molecule has 1 heterocycles. The summed E-state index contributed by atoms with van der Waals surface area (Å²) in [5.74, 6) is -0.448. The first kappa shape index (κ1) is 16.3. The van der Waals surface area contributed by atoms with E-state index in [1.165, 1.54) is 25.3 Å². The topological polar surface area (TPSA) is 15.3 Å². The van der Waals surface area contributed by atoms with Gasteiger partial charge in [-0.15, -0.1) is 12.4 Å². The van der Waals surface area contributed by atoms with Crippen LogP contribution >= 0.6 is 35.6 Å². The van der Waals surface area contributed by atoms with Crippen LogP contribution < -0.4 is 5.32 Å². The van der Waals surface area contributed by atoms with Crippen LogP contribution in [-0.4, -0.2) is 30.1 Å². The van der Waals surface area contributed by atoms with Crippen LogP contribution in [0, 0.1) is 5.82 Å². The number of benzene rings is 1. The highest BCUT2D eigenvalue weighted by Crippen LogP contribution is 2.35. The third kappa shape index (κ3) is 3.40. The number of nitrogens with zero attached hydrogens (tertiary/aromatic N) is 1. The summed E-state index contributed by atoms with van der Waals surface area (Å²) in [4.78, 5) is 2.50. The molecule has 1 unspecified atom stereocenters. The van der Waals surface area contributed by atoms with E-state index in [1.807, 2.05) is 0 Å². The number of hydrogen-bond acceptors (Lipinski definition) is 2. The Morgan fingerprint density at radius 2 is 1.90 bits per heavy atom. The molecular weight excluding hydrogens is 322 g/mol. The highest BCUT2D eigenvalue weighted by molar-refractivity contribution is 6.42. The zero-order valence-electron chi connectivity index (χ0n) is 11.0. The molecule has 2 aliphatic rings. The fourth-order valence-electron chi connectivity index (χ4n) is 2.77. The van der Waals surface area contributed by atoms with E-state index < -0.39 is 5.82 Å². The fourth-order valence-corrected chi connectivity index (χ4v) is 3.17. The summed E-state index contributed by atoms with van der Waals surface area (Å²) in [7, 11) is 0. The van der Waals surface area contributed by atoms with Crippen LogP contribution in [0.5, 0.6) is 0 Å². The molecule has 0 aromatic heterocycles. The molecular formula is C14H18Cl3FN2. The zero-order valence-corrected chi connectivity index (χ0v) is 13.4. The minimum Gasteiger partial charge on any atom is -0.315 e. The second kappa shape index (κ2) is 6.80. The smallest absolute Gasteiger partial charge is 0.143 e. The van der Waals surface area contributed by atoms with Gasteiger partial charge in [0.1, 0.15) is 5.82 Å². The van der Waals surface area contributed by atoms with Gasteiger partial charge in [-0.3, -0.25) is 4.90 Å². The van der Waals surface area contributed by atoms with Crippen LogP contribution in [0.1, 0.15) is 24.8 Å². The van der Waals surface area contributed by atoms with E-state index in [0.29, 0.717) is 17.1 Å². The van der Waals surface area contributed by atoms with E-state index >= 15 is 0 Å². The molecule has 1 N–H and O–H groups in total. The molecule has 1 aliphatic heterocycles. The summed E-state index contributed by atoms with van der Waals surface area (Å²) < 4.78 is 13.3. The van der Waals surface area contributed by atoms with Crippen molar-refractivity contribution in [3.05, 3.63) is 33.6 Å². The van der Waals surface area contributed by atoms with Crippen molar-refractivity contribution in [1.82, 2.24) is 10.2 Å². The predicted octanol–water partition coefficient (Wildman–Crippen LogP) is 3.88. The van der Waals surface area contributed by atoms with Crippen molar-refractivity contribution in [2.45, 2.75) is 37.9 Å². The lowest BCUT2D eigenvalue weighted by Gasteiger charge is -2.28. The molecule has 0 bridgehead atoms. The van der Waals surface area contributed by atoms with Gasteiger partial charge in [-0.1, -0.05) is 29.3 Å². The summed E-state index contributed by atoms with van der Waals surface area (Å²) in [5, 5.41) is 3.80. The highest BCUT2D eigenvalue weighted by atomic mass is 35.5. The van der Waals surface area contributed by atoms with Crippen molar-refractivity contribution in [1.29, 1.82) is 0 Å². The number of nitrogens with one attached hydrogen (secondary N) is 1. The summed E-state index contributed by atoms with van der Waals surface area (Å²) in [6.45, 7) is 2.87. The number of rotatable bonds is 4. The van der Waals surface area contributed by atoms with Crippen LogP contribution in [0.25, 0.3) is 0 Å². The Morgan fingerprint density at radius 1 is 1.15 bits per heavy atom. The molecule has 3 rings (SSSR count). The van der Waals surface area contributed by atoms with Gasteiger partial charge in [0.25, 0.3) is 0 Å². The normalized spacial score (nSPS) is 22.1. The molecule has 6 heteroatoms. The first-order valence-corrected chi connectivity index (χ1v) is 7.51. The SMILES string of the molecule is Cl.Fc1ccc(CN(C2CC2)C2CCNC2)c(Cl)c1Cl. The van der Waals surface area contributed by atoms with Crippen molar-refractivity contribution in [3.63, 3.8) is 0 Å². The first-order chi connectivity index (χ1) is 9.16. The maximum Gasteiger partial charge on any atom is 0.143 e.